The third-order valence-corrected chi connectivity index (χ3v) is 6.98. The summed E-state index contributed by atoms with van der Waals surface area (Å²) in [5.41, 5.74) is 2.24. The maximum Gasteiger partial charge on any atom is 0.296 e. The molecule has 4 aromatic rings. The molecule has 0 saturated heterocycles. The molecule has 1 aliphatic heterocycles. The van der Waals surface area contributed by atoms with Crippen molar-refractivity contribution < 1.29 is 28.6 Å². The Bertz CT molecular complexity index is 1530. The number of benzene rings is 2. The zero-order valence-corrected chi connectivity index (χ0v) is 21.0. The Labute approximate surface area is 211 Å². The minimum atomic E-state index is -0.957. The third-order valence-electron chi connectivity index (χ3n) is 5.96. The van der Waals surface area contributed by atoms with Gasteiger partial charge in [-0.1, -0.05) is 23.5 Å². The highest BCUT2D eigenvalue weighted by atomic mass is 32.1. The van der Waals surface area contributed by atoms with E-state index in [2.05, 4.69) is 4.98 Å². The second-order valence-electron chi connectivity index (χ2n) is 8.39. The number of rotatable bonds is 7. The van der Waals surface area contributed by atoms with E-state index in [-0.39, 0.29) is 11.3 Å². The van der Waals surface area contributed by atoms with Crippen molar-refractivity contribution in [2.45, 2.75) is 26.8 Å². The molecule has 1 atom stereocenters. The van der Waals surface area contributed by atoms with Gasteiger partial charge in [-0.3, -0.25) is 14.5 Å². The van der Waals surface area contributed by atoms with Crippen molar-refractivity contribution in [2.24, 2.45) is 0 Å². The van der Waals surface area contributed by atoms with Crippen LogP contribution < -0.4 is 14.4 Å². The maximum atomic E-state index is 13.6. The average molecular weight is 505 g/mol. The minimum Gasteiger partial charge on any atom is -0.503 e. The first-order valence-corrected chi connectivity index (χ1v) is 12.2. The monoisotopic (exact) mass is 504 g/mol. The fraction of sp³-hybridized carbons (Fsp3) is 0.222. The van der Waals surface area contributed by atoms with Gasteiger partial charge in [0.2, 0.25) is 5.78 Å². The predicted octanol–water partition coefficient (Wildman–Crippen LogP) is 5.70. The van der Waals surface area contributed by atoms with E-state index < -0.39 is 23.5 Å². The van der Waals surface area contributed by atoms with Gasteiger partial charge in [0.1, 0.15) is 5.76 Å². The number of nitrogens with zero attached hydrogens (tertiary/aromatic N) is 2. The van der Waals surface area contributed by atoms with Gasteiger partial charge in [-0.2, -0.15) is 0 Å². The predicted molar refractivity (Wildman–Crippen MR) is 136 cm³/mol. The summed E-state index contributed by atoms with van der Waals surface area (Å²) in [5, 5.41) is 11.4. The third kappa shape index (κ3) is 3.91. The molecule has 0 spiro atoms. The van der Waals surface area contributed by atoms with Gasteiger partial charge in [-0.05, 0) is 68.3 Å². The number of hydrogen-bond acceptors (Lipinski definition) is 8. The van der Waals surface area contributed by atoms with Crippen LogP contribution in [0.2, 0.25) is 0 Å². The van der Waals surface area contributed by atoms with E-state index in [0.29, 0.717) is 34.6 Å². The van der Waals surface area contributed by atoms with Crippen LogP contribution in [0.5, 0.6) is 11.5 Å². The summed E-state index contributed by atoms with van der Waals surface area (Å²) in [4.78, 5) is 33.0. The maximum absolute atomic E-state index is 13.6. The van der Waals surface area contributed by atoms with Crippen molar-refractivity contribution in [1.82, 2.24) is 4.98 Å². The van der Waals surface area contributed by atoms with Gasteiger partial charge in [0, 0.05) is 0 Å². The van der Waals surface area contributed by atoms with Crippen LogP contribution in [-0.4, -0.2) is 35.5 Å². The molecule has 184 valence electrons. The summed E-state index contributed by atoms with van der Waals surface area (Å²) in [6.07, 6.45) is 0. The quantitative estimate of drug-likeness (QED) is 0.322. The van der Waals surface area contributed by atoms with E-state index in [0.717, 1.165) is 15.8 Å². The van der Waals surface area contributed by atoms with E-state index in [1.54, 1.807) is 31.2 Å². The van der Waals surface area contributed by atoms with Crippen molar-refractivity contribution in [2.75, 3.05) is 18.6 Å². The molecule has 36 heavy (non-hydrogen) atoms. The highest BCUT2D eigenvalue weighted by Gasteiger charge is 2.46. The van der Waals surface area contributed by atoms with Gasteiger partial charge in [0.25, 0.3) is 5.91 Å². The number of methoxy groups -OCH3 is 1. The molecule has 0 saturated carbocycles. The molecule has 0 bridgehead atoms. The van der Waals surface area contributed by atoms with E-state index in [1.807, 2.05) is 32.0 Å². The van der Waals surface area contributed by atoms with Crippen molar-refractivity contribution >= 4 is 38.4 Å². The topological polar surface area (TPSA) is 102 Å². The number of hydrogen-bond donors (Lipinski definition) is 1. The summed E-state index contributed by atoms with van der Waals surface area (Å²) in [7, 11) is 1.51. The summed E-state index contributed by atoms with van der Waals surface area (Å²) >= 11 is 1.31. The zero-order chi connectivity index (χ0) is 25.6. The lowest BCUT2D eigenvalue weighted by Crippen LogP contribution is -2.31. The number of carbonyl (C=O) groups excluding carboxylic acids is 2. The number of carbonyl (C=O) groups is 2. The number of ketones is 1. The number of aromatic nitrogens is 1. The molecule has 1 amide bonds. The average Bonchev–Trinajstić information content (AvgIpc) is 3.55. The lowest BCUT2D eigenvalue weighted by atomic mass is 9.95. The molecule has 9 heteroatoms. The van der Waals surface area contributed by atoms with Crippen LogP contribution in [0.1, 0.15) is 40.4 Å². The second-order valence-corrected chi connectivity index (χ2v) is 9.40. The number of amides is 1. The number of furan rings is 1. The molecule has 3 heterocycles. The van der Waals surface area contributed by atoms with Gasteiger partial charge < -0.3 is 19.0 Å². The molecular formula is C27H24N2O6S. The van der Waals surface area contributed by atoms with Crippen molar-refractivity contribution in [3.8, 4) is 11.5 Å². The van der Waals surface area contributed by atoms with Crippen LogP contribution in [0, 0.1) is 13.8 Å². The lowest BCUT2D eigenvalue weighted by Gasteiger charge is -2.25. The Morgan fingerprint density at radius 1 is 1.14 bits per heavy atom. The highest BCUT2D eigenvalue weighted by Crippen LogP contribution is 2.45. The molecule has 2 aromatic carbocycles. The summed E-state index contributed by atoms with van der Waals surface area (Å²) < 4.78 is 17.6. The van der Waals surface area contributed by atoms with Gasteiger partial charge in [0.05, 0.1) is 35.5 Å². The fourth-order valence-corrected chi connectivity index (χ4v) is 5.38. The number of thiazole rings is 1. The van der Waals surface area contributed by atoms with Crippen molar-refractivity contribution in [1.29, 1.82) is 0 Å². The van der Waals surface area contributed by atoms with Gasteiger partial charge in [-0.15, -0.1) is 0 Å². The SMILES string of the molecule is CCOc1ccc(C2C(C(=O)c3ccc(C)o3)=C(O)C(=O)N2c2nc3ccc(C)cc3s2)cc1OC. The number of aliphatic hydroxyl groups is 1. The molecular weight excluding hydrogens is 480 g/mol. The summed E-state index contributed by atoms with van der Waals surface area (Å²) in [6, 6.07) is 13.2. The smallest absolute Gasteiger partial charge is 0.296 e. The number of anilines is 1. The lowest BCUT2D eigenvalue weighted by molar-refractivity contribution is -0.117. The zero-order valence-electron chi connectivity index (χ0n) is 20.2. The molecule has 0 aliphatic carbocycles. The molecule has 1 aliphatic rings. The fourth-order valence-electron chi connectivity index (χ4n) is 4.29. The van der Waals surface area contributed by atoms with Crippen molar-refractivity contribution in [3.05, 3.63) is 82.5 Å². The summed E-state index contributed by atoms with van der Waals surface area (Å²) in [5.74, 6) is -0.387. The second kappa shape index (κ2) is 9.16. The van der Waals surface area contributed by atoms with Gasteiger partial charge in [0.15, 0.2) is 28.1 Å². The van der Waals surface area contributed by atoms with E-state index in [9.17, 15) is 14.7 Å². The number of aryl methyl sites for hydroxylation is 2. The Morgan fingerprint density at radius 3 is 2.64 bits per heavy atom. The van der Waals surface area contributed by atoms with Crippen LogP contribution in [0.15, 0.2) is 64.3 Å². The Balaban J connectivity index is 1.69. The van der Waals surface area contributed by atoms with E-state index >= 15 is 0 Å². The number of aliphatic hydroxyl groups excluding tert-OH is 1. The van der Waals surface area contributed by atoms with Gasteiger partial charge in [-0.25, -0.2) is 4.98 Å². The number of fused-ring (bicyclic) bond motifs is 1. The molecule has 0 radical (unpaired) electrons. The van der Waals surface area contributed by atoms with E-state index in [4.69, 9.17) is 13.9 Å². The largest absolute Gasteiger partial charge is 0.503 e. The van der Waals surface area contributed by atoms with Crippen LogP contribution in [0.4, 0.5) is 5.13 Å². The first kappa shape index (κ1) is 23.6. The Morgan fingerprint density at radius 2 is 1.94 bits per heavy atom. The number of ether oxygens (including phenoxy) is 2. The van der Waals surface area contributed by atoms with Crippen LogP contribution >= 0.6 is 11.3 Å². The minimum absolute atomic E-state index is 0.0338. The molecule has 1 N–H and O–H groups in total. The molecule has 8 nitrogen and oxygen atoms in total. The number of Topliss-reactive ketones (excluding diaryl/α,β-unsaturated/α-hetero) is 1. The first-order chi connectivity index (χ1) is 17.3. The van der Waals surface area contributed by atoms with Crippen LogP contribution in [0.3, 0.4) is 0 Å². The van der Waals surface area contributed by atoms with Gasteiger partial charge >= 0.3 is 0 Å². The molecule has 1 unspecified atom stereocenters. The standard InChI is InChI=1S/C27H24N2O6S/c1-5-34-18-11-8-16(13-20(18)33-4)23-22(24(30)19-10-7-15(3)35-19)25(31)26(32)29(23)27-28-17-9-6-14(2)12-21(17)36-27/h6-13,23,31H,5H2,1-4H3. The van der Waals surface area contributed by atoms with Crippen LogP contribution in [-0.2, 0) is 4.79 Å². The molecule has 5 rings (SSSR count). The van der Waals surface area contributed by atoms with E-state index in [1.165, 1.54) is 29.4 Å². The summed E-state index contributed by atoms with van der Waals surface area (Å²) in [6.45, 7) is 6.00. The highest BCUT2D eigenvalue weighted by molar-refractivity contribution is 7.22. The van der Waals surface area contributed by atoms with Crippen LogP contribution in [0.25, 0.3) is 10.2 Å². The Kier molecular flexibility index (Phi) is 6.01. The normalized spacial score (nSPS) is 15.7. The van der Waals surface area contributed by atoms with Crippen molar-refractivity contribution in [3.63, 3.8) is 0 Å². The molecule has 0 fully saturated rings. The Hall–Kier alpha value is -4.11. The first-order valence-electron chi connectivity index (χ1n) is 11.4. The molecule has 2 aromatic heterocycles.